The number of rotatable bonds is 2. The maximum absolute atomic E-state index is 5.06. The van der Waals surface area contributed by atoms with Gasteiger partial charge >= 0.3 is 19.8 Å². The molecule has 0 aliphatic carbocycles. The van der Waals surface area contributed by atoms with Crippen molar-refractivity contribution in [1.29, 1.82) is 0 Å². The van der Waals surface area contributed by atoms with E-state index in [1.807, 2.05) is 12.2 Å². The summed E-state index contributed by atoms with van der Waals surface area (Å²) in [6.45, 7) is 16.7. The molecule has 2 aliphatic rings. The molecule has 0 atom stereocenters. The van der Waals surface area contributed by atoms with Crippen molar-refractivity contribution in [2.24, 2.45) is 14.1 Å². The first-order chi connectivity index (χ1) is 16.2. The maximum Gasteiger partial charge on any atom is 3.00 e. The van der Waals surface area contributed by atoms with E-state index < -0.39 is 0 Å². The average molecular weight is 516 g/mol. The third-order valence-electron chi connectivity index (χ3n) is 7.15. The second-order valence-corrected chi connectivity index (χ2v) is 9.22. The predicted octanol–water partition coefficient (Wildman–Crippen LogP) is 6.89. The molecule has 170 valence electrons. The molecule has 0 N–H and O–H groups in total. The van der Waals surface area contributed by atoms with Gasteiger partial charge in [0.15, 0.2) is 0 Å². The number of fused-ring (bicyclic) bond motifs is 8. The second kappa shape index (κ2) is 9.06. The Balaban J connectivity index is 0.00000289. The van der Waals surface area contributed by atoms with Crippen LogP contribution in [-0.2, 0) is 14.1 Å². The summed E-state index contributed by atoms with van der Waals surface area (Å²) in [5.74, 6) is 0. The van der Waals surface area contributed by atoms with E-state index in [2.05, 4.69) is 100 Å². The molecule has 2 aliphatic heterocycles. The van der Waals surface area contributed by atoms with Crippen LogP contribution in [0.5, 0.6) is 0 Å². The molecule has 5 heteroatoms. The van der Waals surface area contributed by atoms with Crippen LogP contribution in [0.3, 0.4) is 0 Å². The van der Waals surface area contributed by atoms with E-state index in [4.69, 9.17) is 9.97 Å². The normalized spacial score (nSPS) is 12.9. The van der Waals surface area contributed by atoms with Crippen molar-refractivity contribution in [3.8, 4) is 0 Å². The molecule has 0 radical (unpaired) electrons. The Kier molecular flexibility index (Phi) is 6.43. The van der Waals surface area contributed by atoms with E-state index in [1.165, 1.54) is 11.1 Å². The van der Waals surface area contributed by atoms with E-state index in [1.54, 1.807) is 0 Å². The van der Waals surface area contributed by atoms with Crippen LogP contribution < -0.4 is 0 Å². The number of aromatic nitrogens is 4. The van der Waals surface area contributed by atoms with Crippen LogP contribution in [0, 0.1) is 13.8 Å². The zero-order valence-electron chi connectivity index (χ0n) is 21.4. The van der Waals surface area contributed by atoms with Crippen molar-refractivity contribution in [2.45, 2.75) is 27.7 Å². The largest absolute Gasteiger partial charge is 3.00 e. The quantitative estimate of drug-likeness (QED) is 0.348. The van der Waals surface area contributed by atoms with Crippen LogP contribution in [0.1, 0.15) is 53.3 Å². The molecule has 3 aromatic rings. The molecule has 5 heterocycles. The van der Waals surface area contributed by atoms with Gasteiger partial charge in [0.1, 0.15) is 0 Å². The third kappa shape index (κ3) is 3.89. The van der Waals surface area contributed by atoms with E-state index in [-0.39, 0.29) is 19.8 Å². The molecule has 0 spiro atoms. The minimum absolute atomic E-state index is 0. The van der Waals surface area contributed by atoms with Crippen LogP contribution >= 0.6 is 0 Å². The van der Waals surface area contributed by atoms with E-state index in [9.17, 15) is 0 Å². The van der Waals surface area contributed by atoms with Gasteiger partial charge in [-0.15, -0.1) is 0 Å². The third-order valence-corrected chi connectivity index (χ3v) is 7.15. The molecule has 3 aromatic heterocycles. The topological polar surface area (TPSA) is 35.6 Å². The molecule has 35 heavy (non-hydrogen) atoms. The van der Waals surface area contributed by atoms with Gasteiger partial charge in [-0.2, -0.15) is 0 Å². The Hall–Kier alpha value is -3.28. The fourth-order valence-corrected chi connectivity index (χ4v) is 5.10. The van der Waals surface area contributed by atoms with Crippen molar-refractivity contribution >= 4 is 70.7 Å². The first-order valence-electron chi connectivity index (χ1n) is 11.5. The molecule has 0 saturated heterocycles. The molecule has 0 unspecified atom stereocenters. The smallest absolute Gasteiger partial charge is 0.344 e. The number of aryl methyl sites for hydroxylation is 4. The second-order valence-electron chi connectivity index (χ2n) is 9.22. The van der Waals surface area contributed by atoms with Gasteiger partial charge in [-0.05, 0) is 86.4 Å². The Morgan fingerprint density at radius 1 is 0.743 bits per heavy atom. The van der Waals surface area contributed by atoms with Crippen molar-refractivity contribution in [3.05, 3.63) is 89.0 Å². The van der Waals surface area contributed by atoms with Crippen LogP contribution in [0.15, 0.2) is 49.6 Å². The predicted molar refractivity (Wildman–Crippen MR) is 152 cm³/mol. The van der Waals surface area contributed by atoms with E-state index in [0.29, 0.717) is 0 Å². The van der Waals surface area contributed by atoms with Crippen LogP contribution in [-0.4, -0.2) is 38.9 Å². The Morgan fingerprint density at radius 3 is 2.11 bits per heavy atom. The fourth-order valence-electron chi connectivity index (χ4n) is 5.10. The summed E-state index contributed by atoms with van der Waals surface area (Å²) in [6.07, 6.45) is 6.00. The van der Waals surface area contributed by atoms with Crippen LogP contribution in [0.4, 0.5) is 0 Å². The first-order valence-corrected chi connectivity index (χ1v) is 11.5. The minimum Gasteiger partial charge on any atom is -0.344 e. The average Bonchev–Trinajstić information content (AvgIpc) is 3.44. The zero-order valence-corrected chi connectivity index (χ0v) is 23.8. The summed E-state index contributed by atoms with van der Waals surface area (Å²) < 4.78 is 4.42. The summed E-state index contributed by atoms with van der Waals surface area (Å²) in [6, 6.07) is 10.9. The summed E-state index contributed by atoms with van der Waals surface area (Å²) in [5, 5.41) is 0. The fraction of sp³-hybridized carbons (Fsp3) is 0.200. The number of nitrogens with zero attached hydrogens (tertiary/aromatic N) is 4. The van der Waals surface area contributed by atoms with Gasteiger partial charge in [0, 0.05) is 41.8 Å². The summed E-state index contributed by atoms with van der Waals surface area (Å²) in [4.78, 5) is 10.0. The standard InChI is InChI=1S/C30H30N4.Ga/c1-9-23-19(5)26-15-28-18(4)12-22(33(28)7)13-21-11-17(3)25(31-21)14-30-24(10-2)20(6)29(34(30)8)16-27(23)32-26;/h9-16H,1-2H2,3-8H3;/q;+3. The molecule has 4 nitrogen and oxygen atoms in total. The molecule has 5 rings (SSSR count). The van der Waals surface area contributed by atoms with Crippen molar-refractivity contribution in [3.63, 3.8) is 0 Å². The summed E-state index contributed by atoms with van der Waals surface area (Å²) in [5.41, 5.74) is 15.1. The van der Waals surface area contributed by atoms with Crippen molar-refractivity contribution < 1.29 is 0 Å². The van der Waals surface area contributed by atoms with Crippen molar-refractivity contribution in [1.82, 2.24) is 19.1 Å². The van der Waals surface area contributed by atoms with Crippen LogP contribution in [0.25, 0.3) is 50.9 Å². The summed E-state index contributed by atoms with van der Waals surface area (Å²) in [7, 11) is 4.19. The van der Waals surface area contributed by atoms with E-state index in [0.717, 1.165) is 67.1 Å². The molecule has 0 amide bonds. The molecule has 8 bridgehead atoms. The SMILES string of the molecule is C=CC1=C(C)c2cc3c(C)cc(cc4nc(cc5c(C=C)c(C)c(cc1n2)n5C)C(C)=C4)n3C.[Ga+3]. The van der Waals surface area contributed by atoms with Gasteiger partial charge in [-0.3, -0.25) is 0 Å². The van der Waals surface area contributed by atoms with Gasteiger partial charge in [0.2, 0.25) is 0 Å². The number of hydrogen-bond donors (Lipinski definition) is 0. The maximum atomic E-state index is 5.06. The van der Waals surface area contributed by atoms with Gasteiger partial charge in [-0.1, -0.05) is 25.3 Å². The summed E-state index contributed by atoms with van der Waals surface area (Å²) >= 11 is 0. The van der Waals surface area contributed by atoms with Gasteiger partial charge < -0.3 is 9.13 Å². The molecular weight excluding hydrogens is 486 g/mol. The molecule has 0 aromatic carbocycles. The molecular formula is C30H30GaN4+3. The Labute approximate surface area is 220 Å². The van der Waals surface area contributed by atoms with Gasteiger partial charge in [-0.25, -0.2) is 9.97 Å². The Bertz CT molecular complexity index is 1640. The number of allylic oxidation sites excluding steroid dienone is 4. The van der Waals surface area contributed by atoms with Crippen LogP contribution in [0.2, 0.25) is 0 Å². The zero-order chi connectivity index (χ0) is 24.3. The molecule has 0 saturated carbocycles. The molecule has 0 fully saturated rings. The van der Waals surface area contributed by atoms with E-state index >= 15 is 0 Å². The van der Waals surface area contributed by atoms with Gasteiger partial charge in [0.05, 0.1) is 28.3 Å². The minimum atomic E-state index is 0. The van der Waals surface area contributed by atoms with Gasteiger partial charge in [0.25, 0.3) is 0 Å². The number of hydrogen-bond acceptors (Lipinski definition) is 2. The Morgan fingerprint density at radius 2 is 1.43 bits per heavy atom. The van der Waals surface area contributed by atoms with Crippen molar-refractivity contribution in [2.75, 3.05) is 0 Å². The monoisotopic (exact) mass is 515 g/mol. The first kappa shape index (κ1) is 24.8.